The number of carbonyl (C=O) groups excluding carboxylic acids is 1. The van der Waals surface area contributed by atoms with Crippen molar-refractivity contribution in [3.05, 3.63) is 106 Å². The van der Waals surface area contributed by atoms with E-state index in [4.69, 9.17) is 0 Å². The highest BCUT2D eigenvalue weighted by Gasteiger charge is 2.35. The third kappa shape index (κ3) is 3.95. The van der Waals surface area contributed by atoms with E-state index < -0.39 is 4.92 Å². The number of thioether (sulfide) groups is 1. The van der Waals surface area contributed by atoms with Crippen LogP contribution in [-0.2, 0) is 4.79 Å². The molecule has 6 nitrogen and oxygen atoms in total. The molecule has 29 heavy (non-hydrogen) atoms. The number of nitro benzene ring substituents is 1. The summed E-state index contributed by atoms with van der Waals surface area (Å²) in [5.41, 5.74) is 1.73. The first-order chi connectivity index (χ1) is 14.1. The largest absolute Gasteiger partial charge is 0.276 e. The standard InChI is InChI=1S/C22H15N3O3S/c26-21-20(15-16-9-7-8-14-19(16)25(27)28)29-22(23-17-10-3-1-4-11-17)24(21)18-12-5-2-6-13-18/h1-15H. The van der Waals surface area contributed by atoms with E-state index in [2.05, 4.69) is 4.99 Å². The quantitative estimate of drug-likeness (QED) is 0.333. The van der Waals surface area contributed by atoms with Crippen molar-refractivity contribution in [1.82, 2.24) is 0 Å². The number of amidine groups is 1. The maximum absolute atomic E-state index is 13.2. The molecule has 0 N–H and O–H groups in total. The molecule has 1 heterocycles. The molecule has 1 aliphatic rings. The van der Waals surface area contributed by atoms with Crippen LogP contribution in [0.4, 0.5) is 17.1 Å². The first kappa shape index (κ1) is 18.6. The van der Waals surface area contributed by atoms with Crippen molar-refractivity contribution in [3.8, 4) is 0 Å². The molecule has 7 heteroatoms. The van der Waals surface area contributed by atoms with Gasteiger partial charge >= 0.3 is 0 Å². The summed E-state index contributed by atoms with van der Waals surface area (Å²) in [6.07, 6.45) is 1.55. The third-order valence-corrected chi connectivity index (χ3v) is 5.19. The Balaban J connectivity index is 1.80. The Kier molecular flexibility index (Phi) is 5.22. The minimum atomic E-state index is -0.454. The Hall–Kier alpha value is -3.71. The summed E-state index contributed by atoms with van der Waals surface area (Å²) >= 11 is 1.20. The van der Waals surface area contributed by atoms with Crippen LogP contribution in [0.1, 0.15) is 5.56 Å². The average Bonchev–Trinajstić information content (AvgIpc) is 3.04. The number of benzene rings is 3. The first-order valence-electron chi connectivity index (χ1n) is 8.80. The molecule has 0 radical (unpaired) electrons. The third-order valence-electron chi connectivity index (χ3n) is 4.22. The van der Waals surface area contributed by atoms with Crippen molar-refractivity contribution in [1.29, 1.82) is 0 Å². The highest BCUT2D eigenvalue weighted by molar-refractivity contribution is 8.19. The summed E-state index contributed by atoms with van der Waals surface area (Å²) in [7, 11) is 0. The van der Waals surface area contributed by atoms with Crippen LogP contribution in [0.5, 0.6) is 0 Å². The fraction of sp³-hybridized carbons (Fsp3) is 0. The van der Waals surface area contributed by atoms with Gasteiger partial charge in [-0.15, -0.1) is 0 Å². The molecule has 0 unspecified atom stereocenters. The van der Waals surface area contributed by atoms with Crippen molar-refractivity contribution >= 4 is 46.0 Å². The molecule has 1 saturated heterocycles. The van der Waals surface area contributed by atoms with Crippen molar-refractivity contribution in [2.45, 2.75) is 0 Å². The number of amides is 1. The van der Waals surface area contributed by atoms with Gasteiger partial charge in [-0.3, -0.25) is 19.8 Å². The Morgan fingerprint density at radius 3 is 2.21 bits per heavy atom. The molecule has 0 saturated carbocycles. The molecular weight excluding hydrogens is 386 g/mol. The van der Waals surface area contributed by atoms with Crippen LogP contribution in [0.15, 0.2) is 94.8 Å². The maximum atomic E-state index is 13.2. The number of hydrogen-bond acceptors (Lipinski definition) is 5. The number of carbonyl (C=O) groups is 1. The minimum Gasteiger partial charge on any atom is -0.268 e. The van der Waals surface area contributed by atoms with Gasteiger partial charge in [0.15, 0.2) is 5.17 Å². The highest BCUT2D eigenvalue weighted by Crippen LogP contribution is 2.38. The van der Waals surface area contributed by atoms with Gasteiger partial charge in [-0.05, 0) is 48.2 Å². The lowest BCUT2D eigenvalue weighted by atomic mass is 10.1. The molecule has 142 valence electrons. The van der Waals surface area contributed by atoms with Gasteiger partial charge in [0.05, 0.1) is 26.8 Å². The van der Waals surface area contributed by atoms with Gasteiger partial charge in [-0.2, -0.15) is 0 Å². The zero-order valence-corrected chi connectivity index (χ0v) is 16.0. The lowest BCUT2D eigenvalue weighted by Gasteiger charge is -2.15. The first-order valence-corrected chi connectivity index (χ1v) is 9.61. The number of anilines is 1. The van der Waals surface area contributed by atoms with Gasteiger partial charge in [0.25, 0.3) is 11.6 Å². The topological polar surface area (TPSA) is 75.8 Å². The van der Waals surface area contributed by atoms with Crippen LogP contribution in [0.2, 0.25) is 0 Å². The molecule has 4 rings (SSSR count). The van der Waals surface area contributed by atoms with Gasteiger partial charge in [-0.25, -0.2) is 4.99 Å². The maximum Gasteiger partial charge on any atom is 0.276 e. The van der Waals surface area contributed by atoms with Gasteiger partial charge < -0.3 is 0 Å². The number of nitro groups is 1. The molecule has 0 atom stereocenters. The van der Waals surface area contributed by atoms with E-state index in [0.29, 0.717) is 21.3 Å². The second-order valence-electron chi connectivity index (χ2n) is 6.13. The van der Waals surface area contributed by atoms with Crippen LogP contribution in [-0.4, -0.2) is 16.0 Å². The second-order valence-corrected chi connectivity index (χ2v) is 7.14. The summed E-state index contributed by atoms with van der Waals surface area (Å²) < 4.78 is 0. The molecule has 3 aromatic carbocycles. The predicted octanol–water partition coefficient (Wildman–Crippen LogP) is 5.40. The molecule has 0 aromatic heterocycles. The zero-order chi connectivity index (χ0) is 20.2. The SMILES string of the molecule is O=C1C(=Cc2ccccc2[N+](=O)[O-])SC(=Nc2ccccc2)N1c1ccccc1. The number of nitrogens with zero attached hydrogens (tertiary/aromatic N) is 3. The Labute approximate surface area is 171 Å². The van der Waals surface area contributed by atoms with Crippen LogP contribution < -0.4 is 4.90 Å². The molecular formula is C22H15N3O3S. The number of aliphatic imine (C=N–C) groups is 1. The van der Waals surface area contributed by atoms with Crippen molar-refractivity contribution < 1.29 is 9.72 Å². The van der Waals surface area contributed by atoms with E-state index in [1.54, 1.807) is 24.3 Å². The second kappa shape index (κ2) is 8.12. The fourth-order valence-electron chi connectivity index (χ4n) is 2.88. The van der Waals surface area contributed by atoms with Crippen molar-refractivity contribution in [2.24, 2.45) is 4.99 Å². The lowest BCUT2D eigenvalue weighted by molar-refractivity contribution is -0.385. The Bertz CT molecular complexity index is 1130. The van der Waals surface area contributed by atoms with E-state index in [0.717, 1.165) is 5.69 Å². The van der Waals surface area contributed by atoms with Crippen LogP contribution in [0, 0.1) is 10.1 Å². The highest BCUT2D eigenvalue weighted by atomic mass is 32.2. The van der Waals surface area contributed by atoms with E-state index in [9.17, 15) is 14.9 Å². The fourth-order valence-corrected chi connectivity index (χ4v) is 3.88. The summed E-state index contributed by atoms with van der Waals surface area (Å²) in [6, 6.07) is 24.9. The van der Waals surface area contributed by atoms with Crippen LogP contribution in [0.25, 0.3) is 6.08 Å². The molecule has 1 aliphatic heterocycles. The minimum absolute atomic E-state index is 0.0480. The zero-order valence-electron chi connectivity index (χ0n) is 15.1. The van der Waals surface area contributed by atoms with E-state index >= 15 is 0 Å². The van der Waals surface area contributed by atoms with Gasteiger partial charge in [-0.1, -0.05) is 48.5 Å². The summed E-state index contributed by atoms with van der Waals surface area (Å²) in [5, 5.41) is 11.8. The van der Waals surface area contributed by atoms with Crippen molar-refractivity contribution in [3.63, 3.8) is 0 Å². The lowest BCUT2D eigenvalue weighted by Crippen LogP contribution is -2.28. The van der Waals surface area contributed by atoms with E-state index in [-0.39, 0.29) is 11.6 Å². The van der Waals surface area contributed by atoms with E-state index in [1.807, 2.05) is 60.7 Å². The molecule has 0 aliphatic carbocycles. The summed E-state index contributed by atoms with van der Waals surface area (Å²) in [6.45, 7) is 0. The molecule has 3 aromatic rings. The Morgan fingerprint density at radius 2 is 1.52 bits per heavy atom. The Morgan fingerprint density at radius 1 is 0.897 bits per heavy atom. The predicted molar refractivity (Wildman–Crippen MR) is 116 cm³/mol. The smallest absolute Gasteiger partial charge is 0.268 e. The van der Waals surface area contributed by atoms with Crippen molar-refractivity contribution in [2.75, 3.05) is 4.90 Å². The van der Waals surface area contributed by atoms with Gasteiger partial charge in [0, 0.05) is 6.07 Å². The van der Waals surface area contributed by atoms with E-state index in [1.165, 1.54) is 22.7 Å². The van der Waals surface area contributed by atoms with Crippen LogP contribution >= 0.6 is 11.8 Å². The molecule has 0 spiro atoms. The molecule has 0 bridgehead atoms. The van der Waals surface area contributed by atoms with Gasteiger partial charge in [0.1, 0.15) is 0 Å². The number of hydrogen-bond donors (Lipinski definition) is 0. The average molecular weight is 401 g/mol. The number of para-hydroxylation sites is 3. The van der Waals surface area contributed by atoms with Crippen LogP contribution in [0.3, 0.4) is 0 Å². The monoisotopic (exact) mass is 401 g/mol. The molecule has 1 fully saturated rings. The van der Waals surface area contributed by atoms with Gasteiger partial charge in [0.2, 0.25) is 0 Å². The molecule has 1 amide bonds. The summed E-state index contributed by atoms with van der Waals surface area (Å²) in [5.74, 6) is -0.269. The normalized spacial score (nSPS) is 16.6. The summed E-state index contributed by atoms with van der Waals surface area (Å²) in [4.78, 5) is 30.6. The number of rotatable bonds is 4.